The lowest BCUT2D eigenvalue weighted by Crippen LogP contribution is -2.31. The molecule has 1 unspecified atom stereocenters. The number of hydrogen-bond acceptors (Lipinski definition) is 3. The van der Waals surface area contributed by atoms with Gasteiger partial charge >= 0.3 is 0 Å². The summed E-state index contributed by atoms with van der Waals surface area (Å²) in [6.45, 7) is 0. The third-order valence-electron chi connectivity index (χ3n) is 5.29. The Labute approximate surface area is 174 Å². The Balaban J connectivity index is 1.77. The van der Waals surface area contributed by atoms with Crippen LogP contribution >= 0.6 is 0 Å². The number of nitrogens with one attached hydrogen (secondary N) is 1. The Morgan fingerprint density at radius 3 is 2.55 bits per heavy atom. The summed E-state index contributed by atoms with van der Waals surface area (Å²) in [7, 11) is 0. The van der Waals surface area contributed by atoms with E-state index in [9.17, 15) is 23.1 Å². The highest BCUT2D eigenvalue weighted by atomic mass is 19.2. The van der Waals surface area contributed by atoms with E-state index < -0.39 is 40.7 Å². The largest absolute Gasteiger partial charge is 0.503 e. The van der Waals surface area contributed by atoms with Crippen LogP contribution in [0.15, 0.2) is 72.8 Å². The standard InChI is InChI=1S/C23H14F3N3O2/c24-13-8-15(20(26)16(25)9-13)21-19(12-4-2-1-3-5-12)22(30)23(31)29(21)14-6-7-17-18(10-14)28-11-27-17/h1-11,21,30H,(H,27,28). The highest BCUT2D eigenvalue weighted by Crippen LogP contribution is 2.46. The van der Waals surface area contributed by atoms with Crippen LogP contribution in [-0.4, -0.2) is 21.0 Å². The number of imidazole rings is 1. The van der Waals surface area contributed by atoms with Gasteiger partial charge in [0, 0.05) is 22.9 Å². The number of amides is 1. The normalized spacial score (nSPS) is 16.5. The van der Waals surface area contributed by atoms with E-state index in [-0.39, 0.29) is 5.57 Å². The van der Waals surface area contributed by atoms with E-state index in [1.807, 2.05) is 0 Å². The second kappa shape index (κ2) is 7.02. The lowest BCUT2D eigenvalue weighted by atomic mass is 9.92. The molecule has 2 heterocycles. The van der Waals surface area contributed by atoms with Gasteiger partial charge in [-0.3, -0.25) is 9.69 Å². The molecule has 1 aromatic heterocycles. The predicted octanol–water partition coefficient (Wildman–Crippen LogP) is 5.04. The van der Waals surface area contributed by atoms with Gasteiger partial charge < -0.3 is 10.1 Å². The quantitative estimate of drug-likeness (QED) is 0.456. The number of benzene rings is 3. The fourth-order valence-corrected chi connectivity index (χ4v) is 3.93. The molecule has 1 aliphatic rings. The molecule has 3 aromatic carbocycles. The first-order valence-electron chi connectivity index (χ1n) is 9.35. The predicted molar refractivity (Wildman–Crippen MR) is 109 cm³/mol. The van der Waals surface area contributed by atoms with Gasteiger partial charge in [0.25, 0.3) is 5.91 Å². The zero-order valence-electron chi connectivity index (χ0n) is 15.8. The molecule has 0 fully saturated rings. The van der Waals surface area contributed by atoms with Crippen LogP contribution < -0.4 is 4.90 Å². The highest BCUT2D eigenvalue weighted by molar-refractivity contribution is 6.16. The van der Waals surface area contributed by atoms with Crippen LogP contribution in [0.3, 0.4) is 0 Å². The van der Waals surface area contributed by atoms with Crippen molar-refractivity contribution in [3.05, 3.63) is 101 Å². The number of carbonyl (C=O) groups excluding carboxylic acids is 1. The van der Waals surface area contributed by atoms with Gasteiger partial charge in [0.05, 0.1) is 23.4 Å². The summed E-state index contributed by atoms with van der Waals surface area (Å²) in [4.78, 5) is 21.3. The molecule has 1 aliphatic heterocycles. The minimum atomic E-state index is -1.38. The summed E-state index contributed by atoms with van der Waals surface area (Å²) in [6, 6.07) is 13.1. The van der Waals surface area contributed by atoms with Gasteiger partial charge in [-0.1, -0.05) is 30.3 Å². The van der Waals surface area contributed by atoms with Crippen molar-refractivity contribution in [1.82, 2.24) is 9.97 Å². The highest BCUT2D eigenvalue weighted by Gasteiger charge is 2.43. The first-order chi connectivity index (χ1) is 15.0. The molecule has 0 spiro atoms. The Morgan fingerprint density at radius 2 is 1.77 bits per heavy atom. The van der Waals surface area contributed by atoms with E-state index in [0.717, 1.165) is 11.0 Å². The molecule has 8 heteroatoms. The number of aliphatic hydroxyl groups excluding tert-OH is 1. The van der Waals surface area contributed by atoms with Crippen molar-refractivity contribution in [1.29, 1.82) is 0 Å². The number of H-pyrrole nitrogens is 1. The van der Waals surface area contributed by atoms with Crippen molar-refractivity contribution in [3.8, 4) is 0 Å². The van der Waals surface area contributed by atoms with Crippen LogP contribution in [0.1, 0.15) is 17.2 Å². The summed E-state index contributed by atoms with van der Waals surface area (Å²) in [6.07, 6.45) is 1.48. The lowest BCUT2D eigenvalue weighted by Gasteiger charge is -2.28. The van der Waals surface area contributed by atoms with Crippen molar-refractivity contribution in [3.63, 3.8) is 0 Å². The number of hydrogen-bond donors (Lipinski definition) is 2. The molecule has 31 heavy (non-hydrogen) atoms. The topological polar surface area (TPSA) is 69.2 Å². The van der Waals surface area contributed by atoms with Gasteiger partial charge in [-0.05, 0) is 29.8 Å². The summed E-state index contributed by atoms with van der Waals surface area (Å²) in [5.41, 5.74) is 1.61. The monoisotopic (exact) mass is 421 g/mol. The van der Waals surface area contributed by atoms with Crippen LogP contribution in [0.2, 0.25) is 0 Å². The first-order valence-corrected chi connectivity index (χ1v) is 9.35. The maximum absolute atomic E-state index is 14.9. The number of carbonyl (C=O) groups is 1. The van der Waals surface area contributed by atoms with Crippen LogP contribution in [0.5, 0.6) is 0 Å². The van der Waals surface area contributed by atoms with Gasteiger partial charge in [-0.2, -0.15) is 0 Å². The number of rotatable bonds is 3. The molecular weight excluding hydrogens is 407 g/mol. The Hall–Kier alpha value is -4.07. The second-order valence-corrected chi connectivity index (χ2v) is 7.10. The molecule has 1 atom stereocenters. The third-order valence-corrected chi connectivity index (χ3v) is 5.29. The number of aromatic amines is 1. The minimum Gasteiger partial charge on any atom is -0.503 e. The SMILES string of the molecule is O=C1C(O)=C(c2ccccc2)C(c2cc(F)cc(F)c2F)N1c1ccc2nc[nH]c2c1. The molecule has 0 radical (unpaired) electrons. The average Bonchev–Trinajstić information content (AvgIpc) is 3.33. The Morgan fingerprint density at radius 1 is 1.00 bits per heavy atom. The number of anilines is 1. The summed E-state index contributed by atoms with van der Waals surface area (Å²) >= 11 is 0. The fraction of sp³-hybridized carbons (Fsp3) is 0.0435. The molecule has 4 aromatic rings. The summed E-state index contributed by atoms with van der Waals surface area (Å²) in [5, 5.41) is 10.7. The van der Waals surface area contributed by atoms with E-state index in [0.29, 0.717) is 28.4 Å². The summed E-state index contributed by atoms with van der Waals surface area (Å²) < 4.78 is 43.1. The number of fused-ring (bicyclic) bond motifs is 1. The van der Waals surface area contributed by atoms with Crippen LogP contribution in [0.25, 0.3) is 16.6 Å². The Kier molecular flexibility index (Phi) is 4.28. The molecule has 0 saturated heterocycles. The molecule has 5 rings (SSSR count). The van der Waals surface area contributed by atoms with Crippen molar-refractivity contribution in [2.24, 2.45) is 0 Å². The zero-order chi connectivity index (χ0) is 21.7. The number of nitrogens with zero attached hydrogens (tertiary/aromatic N) is 2. The van der Waals surface area contributed by atoms with E-state index in [4.69, 9.17) is 0 Å². The molecular formula is C23H14F3N3O2. The minimum absolute atomic E-state index is 0.0548. The van der Waals surface area contributed by atoms with E-state index in [1.165, 1.54) is 6.33 Å². The number of aromatic nitrogens is 2. The molecule has 0 aliphatic carbocycles. The molecule has 1 amide bonds. The van der Waals surface area contributed by atoms with Crippen LogP contribution in [0.4, 0.5) is 18.9 Å². The van der Waals surface area contributed by atoms with Crippen molar-refractivity contribution in [2.45, 2.75) is 6.04 Å². The molecule has 0 bridgehead atoms. The smallest absolute Gasteiger partial charge is 0.294 e. The molecule has 154 valence electrons. The van der Waals surface area contributed by atoms with E-state index in [1.54, 1.807) is 48.5 Å². The molecule has 0 saturated carbocycles. The lowest BCUT2D eigenvalue weighted by molar-refractivity contribution is -0.117. The van der Waals surface area contributed by atoms with Crippen LogP contribution in [-0.2, 0) is 4.79 Å². The zero-order valence-corrected chi connectivity index (χ0v) is 15.8. The molecule has 5 nitrogen and oxygen atoms in total. The van der Waals surface area contributed by atoms with Crippen molar-refractivity contribution in [2.75, 3.05) is 4.90 Å². The first kappa shape index (κ1) is 18.9. The van der Waals surface area contributed by atoms with E-state index >= 15 is 0 Å². The van der Waals surface area contributed by atoms with Gasteiger partial charge in [-0.15, -0.1) is 0 Å². The van der Waals surface area contributed by atoms with Gasteiger partial charge in [0.1, 0.15) is 5.82 Å². The maximum atomic E-state index is 14.9. The van der Waals surface area contributed by atoms with E-state index in [2.05, 4.69) is 9.97 Å². The summed E-state index contributed by atoms with van der Waals surface area (Å²) in [5.74, 6) is -5.11. The second-order valence-electron chi connectivity index (χ2n) is 7.10. The number of aliphatic hydroxyl groups is 1. The average molecular weight is 421 g/mol. The maximum Gasteiger partial charge on any atom is 0.294 e. The Bertz CT molecular complexity index is 1370. The molecule has 2 N–H and O–H groups in total. The van der Waals surface area contributed by atoms with Gasteiger partial charge in [0.15, 0.2) is 17.4 Å². The van der Waals surface area contributed by atoms with Gasteiger partial charge in [-0.25, -0.2) is 18.2 Å². The van der Waals surface area contributed by atoms with Crippen molar-refractivity contribution >= 4 is 28.2 Å². The third kappa shape index (κ3) is 2.95. The van der Waals surface area contributed by atoms with Crippen LogP contribution in [0, 0.1) is 17.5 Å². The number of halogens is 3. The fourth-order valence-electron chi connectivity index (χ4n) is 3.93. The van der Waals surface area contributed by atoms with Crippen molar-refractivity contribution < 1.29 is 23.1 Å². The van der Waals surface area contributed by atoms with Gasteiger partial charge in [0.2, 0.25) is 0 Å².